The van der Waals surface area contributed by atoms with E-state index in [-0.39, 0.29) is 24.4 Å². The maximum atomic E-state index is 12.9. The van der Waals surface area contributed by atoms with Crippen LogP contribution in [0.1, 0.15) is 47.4 Å². The summed E-state index contributed by atoms with van der Waals surface area (Å²) in [5.74, 6) is 1.49. The van der Waals surface area contributed by atoms with Gasteiger partial charge in [-0.25, -0.2) is 15.0 Å². The molecule has 8 heteroatoms. The Labute approximate surface area is 194 Å². The van der Waals surface area contributed by atoms with E-state index in [0.717, 1.165) is 37.1 Å². The molecule has 0 aliphatic heterocycles. The Morgan fingerprint density at radius 3 is 2.28 bits per heavy atom. The van der Waals surface area contributed by atoms with Crippen LogP contribution in [-0.4, -0.2) is 32.9 Å². The van der Waals surface area contributed by atoms with Crippen LogP contribution in [0.25, 0.3) is 0 Å². The second-order valence-corrected chi connectivity index (χ2v) is 7.91. The van der Waals surface area contributed by atoms with E-state index in [0.29, 0.717) is 29.2 Å². The summed E-state index contributed by atoms with van der Waals surface area (Å²) in [5, 5.41) is 6.59. The van der Waals surface area contributed by atoms with Crippen molar-refractivity contribution < 1.29 is 9.53 Å². The molecule has 1 saturated carbocycles. The number of halogens is 1. The summed E-state index contributed by atoms with van der Waals surface area (Å²) in [6.07, 6.45) is 5.30. The molecule has 2 heterocycles. The number of amides is 1. The number of pyridine rings is 1. The third-order valence-corrected chi connectivity index (χ3v) is 5.35. The van der Waals surface area contributed by atoms with Gasteiger partial charge in [-0.1, -0.05) is 18.2 Å². The van der Waals surface area contributed by atoms with Crippen LogP contribution < -0.4 is 15.4 Å². The van der Waals surface area contributed by atoms with Crippen LogP contribution >= 0.6 is 12.4 Å². The van der Waals surface area contributed by atoms with Gasteiger partial charge in [0.05, 0.1) is 0 Å². The van der Waals surface area contributed by atoms with Gasteiger partial charge in [-0.15, -0.1) is 12.4 Å². The Balaban J connectivity index is 0.00000289. The number of nitrogens with one attached hydrogen (secondary N) is 2. The number of hydrogen-bond acceptors (Lipinski definition) is 6. The largest absolute Gasteiger partial charge is 0.438 e. The summed E-state index contributed by atoms with van der Waals surface area (Å²) >= 11 is 0. The first kappa shape index (κ1) is 23.5. The van der Waals surface area contributed by atoms with Gasteiger partial charge in [-0.2, -0.15) is 0 Å². The molecule has 168 valence electrons. The van der Waals surface area contributed by atoms with Crippen molar-refractivity contribution >= 4 is 24.3 Å². The Morgan fingerprint density at radius 1 is 0.938 bits per heavy atom. The van der Waals surface area contributed by atoms with Crippen molar-refractivity contribution in [1.82, 2.24) is 20.3 Å². The molecule has 0 spiro atoms. The molecule has 1 aromatic carbocycles. The van der Waals surface area contributed by atoms with Crippen LogP contribution in [0.2, 0.25) is 0 Å². The number of nitrogens with zero attached hydrogens (tertiary/aromatic N) is 3. The van der Waals surface area contributed by atoms with E-state index in [1.165, 1.54) is 0 Å². The maximum Gasteiger partial charge on any atom is 0.257 e. The second kappa shape index (κ2) is 10.9. The minimum absolute atomic E-state index is 0. The smallest absolute Gasteiger partial charge is 0.257 e. The van der Waals surface area contributed by atoms with Crippen LogP contribution in [0.5, 0.6) is 11.6 Å². The number of ether oxygens (including phenoxy) is 1. The van der Waals surface area contributed by atoms with Crippen LogP contribution in [-0.2, 0) is 0 Å². The predicted molar refractivity (Wildman–Crippen MR) is 127 cm³/mol. The van der Waals surface area contributed by atoms with Gasteiger partial charge in [0.25, 0.3) is 5.91 Å². The molecule has 1 aliphatic rings. The highest BCUT2D eigenvalue weighted by molar-refractivity contribution is 5.96. The number of carbonyl (C=O) groups is 1. The lowest BCUT2D eigenvalue weighted by Crippen LogP contribution is -2.40. The first-order valence-corrected chi connectivity index (χ1v) is 10.6. The first-order chi connectivity index (χ1) is 15.1. The van der Waals surface area contributed by atoms with Gasteiger partial charge in [0.15, 0.2) is 0 Å². The number of aromatic nitrogens is 3. The molecule has 0 saturated heterocycles. The maximum absolute atomic E-state index is 12.9. The lowest BCUT2D eigenvalue weighted by molar-refractivity contribution is 0.0923. The van der Waals surface area contributed by atoms with Gasteiger partial charge >= 0.3 is 0 Å². The number of para-hydroxylation sites is 1. The predicted octanol–water partition coefficient (Wildman–Crippen LogP) is 4.86. The fourth-order valence-electron chi connectivity index (χ4n) is 3.86. The lowest BCUT2D eigenvalue weighted by atomic mass is 9.91. The van der Waals surface area contributed by atoms with Crippen molar-refractivity contribution in [2.24, 2.45) is 0 Å². The molecule has 32 heavy (non-hydrogen) atoms. The highest BCUT2D eigenvalue weighted by Gasteiger charge is 2.24. The summed E-state index contributed by atoms with van der Waals surface area (Å²) in [5.41, 5.74) is 2.36. The van der Waals surface area contributed by atoms with Gasteiger partial charge < -0.3 is 15.4 Å². The van der Waals surface area contributed by atoms with Crippen molar-refractivity contribution in [2.75, 3.05) is 5.32 Å². The number of benzene rings is 1. The third-order valence-electron chi connectivity index (χ3n) is 5.35. The van der Waals surface area contributed by atoms with Crippen molar-refractivity contribution in [2.45, 2.75) is 51.6 Å². The van der Waals surface area contributed by atoms with Gasteiger partial charge in [0, 0.05) is 29.7 Å². The van der Waals surface area contributed by atoms with Crippen LogP contribution in [0.4, 0.5) is 5.95 Å². The number of rotatable bonds is 6. The summed E-state index contributed by atoms with van der Waals surface area (Å²) in [6, 6.07) is 15.2. The van der Waals surface area contributed by atoms with Crippen molar-refractivity contribution in [3.8, 4) is 11.6 Å². The van der Waals surface area contributed by atoms with Crippen LogP contribution in [0.15, 0.2) is 54.7 Å². The molecule has 0 radical (unpaired) electrons. The molecule has 1 fully saturated rings. The van der Waals surface area contributed by atoms with Gasteiger partial charge in [0.2, 0.25) is 11.8 Å². The molecule has 1 aliphatic carbocycles. The molecule has 1 amide bonds. The number of carbonyl (C=O) groups excluding carboxylic acids is 1. The standard InChI is InChI=1S/C24H27N5O2.ClH/c1-16-15-17(2)27-24(26-16)29-19-12-10-18(11-13-19)28-22(30)21-9-6-14-25-23(21)31-20-7-4-3-5-8-20;/h3-9,14-15,18-19H,10-13H2,1-2H3,(H,28,30)(H,26,27,29);1H. The van der Waals surface area contributed by atoms with Crippen LogP contribution in [0.3, 0.4) is 0 Å². The lowest BCUT2D eigenvalue weighted by Gasteiger charge is -2.29. The van der Waals surface area contributed by atoms with Crippen molar-refractivity contribution in [3.05, 3.63) is 71.7 Å². The van der Waals surface area contributed by atoms with E-state index in [2.05, 4.69) is 25.6 Å². The zero-order valence-electron chi connectivity index (χ0n) is 18.2. The zero-order valence-corrected chi connectivity index (χ0v) is 19.1. The minimum Gasteiger partial charge on any atom is -0.438 e. The number of hydrogen-bond donors (Lipinski definition) is 2. The molecule has 0 bridgehead atoms. The molecule has 7 nitrogen and oxygen atoms in total. The molecule has 0 atom stereocenters. The topological polar surface area (TPSA) is 89.0 Å². The van der Waals surface area contributed by atoms with Crippen molar-refractivity contribution in [1.29, 1.82) is 0 Å². The van der Waals surface area contributed by atoms with E-state index in [9.17, 15) is 4.79 Å². The Morgan fingerprint density at radius 2 is 1.59 bits per heavy atom. The van der Waals surface area contributed by atoms with E-state index in [4.69, 9.17) is 4.74 Å². The summed E-state index contributed by atoms with van der Waals surface area (Å²) < 4.78 is 5.83. The average Bonchev–Trinajstić information content (AvgIpc) is 2.75. The molecule has 4 rings (SSSR count). The molecule has 0 unspecified atom stereocenters. The third kappa shape index (κ3) is 6.17. The first-order valence-electron chi connectivity index (χ1n) is 10.6. The Hall–Kier alpha value is -3.19. The van der Waals surface area contributed by atoms with Gasteiger partial charge in [0.1, 0.15) is 11.3 Å². The molecular formula is C24H28ClN5O2. The molecule has 3 aromatic rings. The Kier molecular flexibility index (Phi) is 8.00. The molecule has 2 aromatic heterocycles. The highest BCUT2D eigenvalue weighted by atomic mass is 35.5. The van der Waals surface area contributed by atoms with E-state index < -0.39 is 0 Å². The van der Waals surface area contributed by atoms with E-state index in [1.807, 2.05) is 50.2 Å². The zero-order chi connectivity index (χ0) is 21.6. The Bertz CT molecular complexity index is 1020. The average molecular weight is 454 g/mol. The van der Waals surface area contributed by atoms with Crippen LogP contribution in [0, 0.1) is 13.8 Å². The summed E-state index contributed by atoms with van der Waals surface area (Å²) in [7, 11) is 0. The summed E-state index contributed by atoms with van der Waals surface area (Å²) in [6.45, 7) is 3.95. The van der Waals surface area contributed by atoms with E-state index in [1.54, 1.807) is 18.3 Å². The quantitative estimate of drug-likeness (QED) is 0.554. The molecular weight excluding hydrogens is 426 g/mol. The number of anilines is 1. The number of aryl methyl sites for hydroxylation is 2. The van der Waals surface area contributed by atoms with Gasteiger partial charge in [-0.05, 0) is 69.9 Å². The monoisotopic (exact) mass is 453 g/mol. The fourth-order valence-corrected chi connectivity index (χ4v) is 3.86. The SMILES string of the molecule is Cc1cc(C)nc(NC2CCC(NC(=O)c3cccnc3Oc3ccccc3)CC2)n1.Cl. The summed E-state index contributed by atoms with van der Waals surface area (Å²) in [4.78, 5) is 26.1. The fraction of sp³-hybridized carbons (Fsp3) is 0.333. The minimum atomic E-state index is -0.159. The second-order valence-electron chi connectivity index (χ2n) is 7.91. The molecule has 2 N–H and O–H groups in total. The van der Waals surface area contributed by atoms with Crippen molar-refractivity contribution in [3.63, 3.8) is 0 Å². The normalized spacial score (nSPS) is 17.7. The van der Waals surface area contributed by atoms with Gasteiger partial charge in [-0.3, -0.25) is 4.79 Å². The van der Waals surface area contributed by atoms with E-state index >= 15 is 0 Å². The highest BCUT2D eigenvalue weighted by Crippen LogP contribution is 2.25.